The number of benzene rings is 3. The molecule has 0 bridgehead atoms. The van der Waals surface area contributed by atoms with Crippen molar-refractivity contribution in [1.82, 2.24) is 4.57 Å². The smallest absolute Gasteiger partial charge is 0.457 e. The van der Waals surface area contributed by atoms with Crippen LogP contribution in [0.15, 0.2) is 83.9 Å². The third-order valence-corrected chi connectivity index (χ3v) is 7.19. The highest BCUT2D eigenvalue weighted by Gasteiger charge is 2.31. The van der Waals surface area contributed by atoms with Crippen molar-refractivity contribution < 1.29 is 22.3 Å². The van der Waals surface area contributed by atoms with Gasteiger partial charge in [0.05, 0.1) is 5.56 Å². The molecule has 41 heavy (non-hydrogen) atoms. The lowest BCUT2D eigenvalue weighted by Gasteiger charge is -2.17. The van der Waals surface area contributed by atoms with Gasteiger partial charge in [-0.3, -0.25) is 9.36 Å². The first kappa shape index (κ1) is 30.1. The summed E-state index contributed by atoms with van der Waals surface area (Å²) in [6, 6.07) is 18.0. The average Bonchev–Trinajstić information content (AvgIpc) is 2.96. The highest BCUT2D eigenvalue weighted by Crippen LogP contribution is 2.35. The minimum Gasteiger partial charge on any atom is -0.457 e. The van der Waals surface area contributed by atoms with Crippen molar-refractivity contribution >= 4 is 0 Å². The molecule has 0 saturated heterocycles. The summed E-state index contributed by atoms with van der Waals surface area (Å²) in [5, 5.41) is 0. The van der Waals surface area contributed by atoms with Crippen molar-refractivity contribution in [3.8, 4) is 33.8 Å². The third kappa shape index (κ3) is 7.66. The van der Waals surface area contributed by atoms with Gasteiger partial charge in [-0.2, -0.15) is 0 Å². The molecule has 0 aliphatic heterocycles. The Balaban J connectivity index is 1.75. The molecule has 7 heteroatoms. The summed E-state index contributed by atoms with van der Waals surface area (Å²) in [7, 11) is 0. The highest BCUT2D eigenvalue weighted by atomic mass is 19.4. The van der Waals surface area contributed by atoms with E-state index in [1.165, 1.54) is 18.2 Å². The van der Waals surface area contributed by atoms with Crippen molar-refractivity contribution in [2.24, 2.45) is 0 Å². The second-order valence-corrected chi connectivity index (χ2v) is 10.2. The number of pyridine rings is 1. The zero-order chi connectivity index (χ0) is 29.4. The number of alkyl halides is 3. The van der Waals surface area contributed by atoms with E-state index in [0.717, 1.165) is 62.9 Å². The number of hydrogen-bond donors (Lipinski definition) is 0. The van der Waals surface area contributed by atoms with Gasteiger partial charge >= 0.3 is 6.30 Å². The standard InChI is InChI=1S/C34H35F4NO2/c1-3-5-6-7-8-9-14-26-21-25(18-19-31(26)35)29-22-39(34(36,37)38)23-30(33(29)40)28-16-10-11-17-32(28)41-27-15-12-13-24(4-2)20-27/h10-13,15-23H,3-9,14H2,1-2H3. The summed E-state index contributed by atoms with van der Waals surface area (Å²) in [6.45, 7) is 4.14. The van der Waals surface area contributed by atoms with E-state index in [4.69, 9.17) is 4.74 Å². The maximum Gasteiger partial charge on any atom is 0.488 e. The lowest BCUT2D eigenvalue weighted by atomic mass is 9.97. The quantitative estimate of drug-likeness (QED) is 0.126. The van der Waals surface area contributed by atoms with Gasteiger partial charge in [0.15, 0.2) is 5.43 Å². The molecule has 0 fully saturated rings. The van der Waals surface area contributed by atoms with E-state index in [2.05, 4.69) is 6.92 Å². The van der Waals surface area contributed by atoms with Crippen LogP contribution in [0.2, 0.25) is 0 Å². The number of unbranched alkanes of at least 4 members (excludes halogenated alkanes) is 5. The summed E-state index contributed by atoms with van der Waals surface area (Å²) >= 11 is 0. The minimum atomic E-state index is -4.77. The molecule has 0 spiro atoms. The second kappa shape index (κ2) is 13.7. The number of hydrogen-bond acceptors (Lipinski definition) is 2. The number of halogens is 4. The van der Waals surface area contributed by atoms with Crippen molar-refractivity contribution in [2.45, 2.75) is 71.5 Å². The summed E-state index contributed by atoms with van der Waals surface area (Å²) in [4.78, 5) is 13.8. The molecule has 0 saturated carbocycles. The van der Waals surface area contributed by atoms with Crippen LogP contribution in [0, 0.1) is 5.82 Å². The number of para-hydroxylation sites is 1. The molecule has 1 aromatic heterocycles. The Morgan fingerprint density at radius 2 is 1.51 bits per heavy atom. The van der Waals surface area contributed by atoms with Gasteiger partial charge in [0, 0.05) is 23.5 Å². The summed E-state index contributed by atoms with van der Waals surface area (Å²) < 4.78 is 63.0. The predicted octanol–water partition coefficient (Wildman–Crippen LogP) is 10.1. The number of ether oxygens (including phenoxy) is 1. The number of aryl methyl sites for hydroxylation is 2. The molecular formula is C34H35F4NO2. The van der Waals surface area contributed by atoms with Gasteiger partial charge in [0.2, 0.25) is 0 Å². The van der Waals surface area contributed by atoms with E-state index < -0.39 is 17.5 Å². The first-order valence-corrected chi connectivity index (χ1v) is 14.2. The van der Waals surface area contributed by atoms with Crippen LogP contribution in [0.3, 0.4) is 0 Å². The van der Waals surface area contributed by atoms with Crippen molar-refractivity contribution in [1.29, 1.82) is 0 Å². The summed E-state index contributed by atoms with van der Waals surface area (Å²) in [5.41, 5.74) is 0.979. The van der Waals surface area contributed by atoms with Crippen molar-refractivity contribution in [2.75, 3.05) is 0 Å². The van der Waals surface area contributed by atoms with Gasteiger partial charge in [-0.15, -0.1) is 13.2 Å². The van der Waals surface area contributed by atoms with Gasteiger partial charge in [-0.05, 0) is 66.3 Å². The molecule has 216 valence electrons. The Kier molecular flexibility index (Phi) is 10.0. The Hall–Kier alpha value is -3.87. The SMILES string of the molecule is CCCCCCCCc1cc(-c2cn(C(F)(F)F)cc(-c3ccccc3Oc3cccc(CC)c3)c2=O)ccc1F. The van der Waals surface area contributed by atoms with E-state index in [0.29, 0.717) is 17.7 Å². The van der Waals surface area contributed by atoms with E-state index in [-0.39, 0.29) is 32.6 Å². The highest BCUT2D eigenvalue weighted by molar-refractivity contribution is 5.76. The molecule has 0 atom stereocenters. The molecule has 3 aromatic carbocycles. The normalized spacial score (nSPS) is 11.6. The van der Waals surface area contributed by atoms with Gasteiger partial charge < -0.3 is 4.74 Å². The van der Waals surface area contributed by atoms with Crippen LogP contribution in [-0.2, 0) is 19.1 Å². The van der Waals surface area contributed by atoms with Gasteiger partial charge in [-0.1, -0.05) is 82.3 Å². The Bertz CT molecular complexity index is 1520. The summed E-state index contributed by atoms with van der Waals surface area (Å²) in [5.74, 6) is 0.344. The molecule has 0 amide bonds. The Morgan fingerprint density at radius 3 is 2.27 bits per heavy atom. The maximum atomic E-state index is 14.7. The Labute approximate surface area is 238 Å². The van der Waals surface area contributed by atoms with Crippen LogP contribution in [-0.4, -0.2) is 4.57 Å². The van der Waals surface area contributed by atoms with Crippen molar-refractivity contribution in [3.05, 3.63) is 106 Å². The lowest BCUT2D eigenvalue weighted by molar-refractivity contribution is -0.204. The van der Waals surface area contributed by atoms with Gasteiger partial charge in [0.25, 0.3) is 0 Å². The van der Waals surface area contributed by atoms with E-state index in [9.17, 15) is 22.4 Å². The fraction of sp³-hybridized carbons (Fsp3) is 0.324. The zero-order valence-electron chi connectivity index (χ0n) is 23.4. The zero-order valence-corrected chi connectivity index (χ0v) is 23.4. The molecule has 0 aliphatic rings. The predicted molar refractivity (Wildman–Crippen MR) is 156 cm³/mol. The molecular weight excluding hydrogens is 530 g/mol. The van der Waals surface area contributed by atoms with Crippen LogP contribution in [0.1, 0.15) is 63.5 Å². The molecule has 0 N–H and O–H groups in total. The van der Waals surface area contributed by atoms with Crippen LogP contribution in [0.25, 0.3) is 22.3 Å². The first-order valence-electron chi connectivity index (χ1n) is 14.2. The van der Waals surface area contributed by atoms with E-state index in [1.54, 1.807) is 30.3 Å². The number of rotatable bonds is 12. The fourth-order valence-corrected chi connectivity index (χ4v) is 4.89. The van der Waals surface area contributed by atoms with Crippen LogP contribution >= 0.6 is 0 Å². The minimum absolute atomic E-state index is 0.0737. The van der Waals surface area contributed by atoms with Gasteiger partial charge in [0.1, 0.15) is 17.3 Å². The molecule has 1 heterocycles. The number of nitrogens with zero attached hydrogens (tertiary/aromatic N) is 1. The third-order valence-electron chi connectivity index (χ3n) is 7.19. The van der Waals surface area contributed by atoms with Crippen LogP contribution in [0.5, 0.6) is 11.5 Å². The molecule has 0 unspecified atom stereocenters. The molecule has 0 aliphatic carbocycles. The fourth-order valence-electron chi connectivity index (χ4n) is 4.89. The lowest BCUT2D eigenvalue weighted by Crippen LogP contribution is -2.21. The Morgan fingerprint density at radius 1 is 0.780 bits per heavy atom. The molecule has 3 nitrogen and oxygen atoms in total. The van der Waals surface area contributed by atoms with Crippen LogP contribution < -0.4 is 10.2 Å². The number of aromatic nitrogens is 1. The van der Waals surface area contributed by atoms with E-state index in [1.807, 2.05) is 25.1 Å². The van der Waals surface area contributed by atoms with Crippen LogP contribution in [0.4, 0.5) is 17.6 Å². The average molecular weight is 566 g/mol. The first-order chi connectivity index (χ1) is 19.7. The largest absolute Gasteiger partial charge is 0.488 e. The van der Waals surface area contributed by atoms with Gasteiger partial charge in [-0.25, -0.2) is 4.39 Å². The molecule has 0 radical (unpaired) electrons. The maximum absolute atomic E-state index is 14.7. The molecule has 4 aromatic rings. The van der Waals surface area contributed by atoms with E-state index >= 15 is 0 Å². The topological polar surface area (TPSA) is 31.2 Å². The monoisotopic (exact) mass is 565 g/mol. The summed E-state index contributed by atoms with van der Waals surface area (Å²) in [6.07, 6.45) is 4.21. The second-order valence-electron chi connectivity index (χ2n) is 10.2. The van der Waals surface area contributed by atoms with Crippen molar-refractivity contribution in [3.63, 3.8) is 0 Å². The molecule has 4 rings (SSSR count).